The van der Waals surface area contributed by atoms with Gasteiger partial charge in [0, 0.05) is 0 Å². The molecule has 1 aromatic carbocycles. The van der Waals surface area contributed by atoms with Crippen LogP contribution >= 0.6 is 0 Å². The number of nitrogens with one attached hydrogen (secondary N) is 1. The van der Waals surface area contributed by atoms with Crippen molar-refractivity contribution in [3.63, 3.8) is 0 Å². The van der Waals surface area contributed by atoms with Crippen molar-refractivity contribution in [3.05, 3.63) is 35.9 Å². The second kappa shape index (κ2) is 4.43. The molecule has 3 rings (SSSR count). The zero-order valence-corrected chi connectivity index (χ0v) is 10.2. The first kappa shape index (κ1) is 11.2. The van der Waals surface area contributed by atoms with Gasteiger partial charge >= 0.3 is 0 Å². The molecule has 0 bridgehead atoms. The maximum atomic E-state index is 10.8. The van der Waals surface area contributed by atoms with Crippen LogP contribution in [0.2, 0.25) is 0 Å². The van der Waals surface area contributed by atoms with Crippen LogP contribution in [0.1, 0.15) is 37.2 Å². The Morgan fingerprint density at radius 2 is 1.94 bits per heavy atom. The lowest BCUT2D eigenvalue weighted by Crippen LogP contribution is -2.33. The van der Waals surface area contributed by atoms with E-state index in [0.29, 0.717) is 11.8 Å². The molecule has 0 aromatic heterocycles. The fraction of sp³-hybridized carbons (Fsp3) is 0.600. The summed E-state index contributed by atoms with van der Waals surface area (Å²) >= 11 is 0. The molecule has 92 valence electrons. The maximum absolute atomic E-state index is 10.8. The van der Waals surface area contributed by atoms with Crippen molar-refractivity contribution >= 4 is 0 Å². The second-order valence-electron chi connectivity index (χ2n) is 5.57. The highest BCUT2D eigenvalue weighted by molar-refractivity contribution is 5.27. The third kappa shape index (κ3) is 2.24. The standard InChI is InChI=1S/C15H21NO/c17-15(7-4-9-16-10-8-15)14-11-13(14)12-5-2-1-3-6-12/h1-3,5-6,13-14,16-17H,4,7-11H2. The monoisotopic (exact) mass is 231 g/mol. The van der Waals surface area contributed by atoms with Crippen molar-refractivity contribution < 1.29 is 5.11 Å². The summed E-state index contributed by atoms with van der Waals surface area (Å²) in [6.07, 6.45) is 4.16. The van der Waals surface area contributed by atoms with Gasteiger partial charge in [-0.05, 0) is 56.2 Å². The van der Waals surface area contributed by atoms with Crippen molar-refractivity contribution in [2.24, 2.45) is 5.92 Å². The summed E-state index contributed by atoms with van der Waals surface area (Å²) in [6, 6.07) is 10.7. The van der Waals surface area contributed by atoms with Crippen LogP contribution in [-0.2, 0) is 0 Å². The second-order valence-corrected chi connectivity index (χ2v) is 5.57. The van der Waals surface area contributed by atoms with E-state index in [1.165, 1.54) is 12.0 Å². The van der Waals surface area contributed by atoms with Crippen molar-refractivity contribution in [2.75, 3.05) is 13.1 Å². The lowest BCUT2D eigenvalue weighted by molar-refractivity contribution is 0.00393. The van der Waals surface area contributed by atoms with E-state index in [0.717, 1.165) is 32.4 Å². The van der Waals surface area contributed by atoms with Crippen LogP contribution in [-0.4, -0.2) is 23.8 Å². The Balaban J connectivity index is 1.71. The molecule has 2 aliphatic rings. The molecule has 1 aliphatic heterocycles. The number of hydrogen-bond donors (Lipinski definition) is 2. The topological polar surface area (TPSA) is 32.3 Å². The largest absolute Gasteiger partial charge is 0.390 e. The van der Waals surface area contributed by atoms with Gasteiger partial charge in [-0.15, -0.1) is 0 Å². The fourth-order valence-electron chi connectivity index (χ4n) is 3.30. The van der Waals surface area contributed by atoms with Crippen LogP contribution < -0.4 is 5.32 Å². The Morgan fingerprint density at radius 1 is 1.12 bits per heavy atom. The van der Waals surface area contributed by atoms with Gasteiger partial charge in [0.2, 0.25) is 0 Å². The maximum Gasteiger partial charge on any atom is 0.0694 e. The van der Waals surface area contributed by atoms with E-state index in [2.05, 4.69) is 35.6 Å². The molecule has 2 nitrogen and oxygen atoms in total. The molecule has 3 atom stereocenters. The molecule has 2 N–H and O–H groups in total. The van der Waals surface area contributed by atoms with Crippen LogP contribution in [0.15, 0.2) is 30.3 Å². The highest BCUT2D eigenvalue weighted by atomic mass is 16.3. The van der Waals surface area contributed by atoms with Gasteiger partial charge in [-0.1, -0.05) is 30.3 Å². The lowest BCUT2D eigenvalue weighted by Gasteiger charge is -2.27. The van der Waals surface area contributed by atoms with E-state index in [1.807, 2.05) is 0 Å². The summed E-state index contributed by atoms with van der Waals surface area (Å²) in [6.45, 7) is 2.03. The van der Waals surface area contributed by atoms with Crippen LogP contribution in [0, 0.1) is 5.92 Å². The molecular weight excluding hydrogens is 210 g/mol. The number of benzene rings is 1. The predicted octanol–water partition coefficient (Wildman–Crippen LogP) is 2.29. The summed E-state index contributed by atoms with van der Waals surface area (Å²) in [5.41, 5.74) is 0.993. The molecule has 0 spiro atoms. The molecular formula is C15H21NO. The Bertz CT molecular complexity index is 368. The van der Waals surface area contributed by atoms with Crippen molar-refractivity contribution in [1.29, 1.82) is 0 Å². The average molecular weight is 231 g/mol. The first-order chi connectivity index (χ1) is 8.30. The zero-order valence-electron chi connectivity index (χ0n) is 10.2. The van der Waals surface area contributed by atoms with E-state index in [9.17, 15) is 5.11 Å². The van der Waals surface area contributed by atoms with E-state index < -0.39 is 5.60 Å². The summed E-state index contributed by atoms with van der Waals surface area (Å²) in [4.78, 5) is 0. The summed E-state index contributed by atoms with van der Waals surface area (Å²) < 4.78 is 0. The molecule has 1 aromatic rings. The molecule has 2 fully saturated rings. The van der Waals surface area contributed by atoms with E-state index >= 15 is 0 Å². The Labute approximate surface area is 103 Å². The zero-order chi connectivity index (χ0) is 11.7. The van der Waals surface area contributed by atoms with Crippen molar-refractivity contribution in [1.82, 2.24) is 5.32 Å². The molecule has 0 radical (unpaired) electrons. The summed E-state index contributed by atoms with van der Waals surface area (Å²) in [7, 11) is 0. The molecule has 1 saturated carbocycles. The summed E-state index contributed by atoms with van der Waals surface area (Å²) in [5, 5.41) is 14.2. The predicted molar refractivity (Wildman–Crippen MR) is 69.0 cm³/mol. The molecule has 17 heavy (non-hydrogen) atoms. The average Bonchev–Trinajstić information content (AvgIpc) is 3.15. The van der Waals surface area contributed by atoms with Crippen LogP contribution in [0.4, 0.5) is 0 Å². The number of aliphatic hydroxyl groups is 1. The SMILES string of the molecule is OC1(C2CC2c2ccccc2)CCCNCC1. The number of hydrogen-bond acceptors (Lipinski definition) is 2. The minimum atomic E-state index is -0.413. The molecule has 2 heteroatoms. The third-order valence-corrected chi connectivity index (χ3v) is 4.41. The van der Waals surface area contributed by atoms with Gasteiger partial charge in [-0.25, -0.2) is 0 Å². The Kier molecular flexibility index (Phi) is 2.93. The van der Waals surface area contributed by atoms with Crippen molar-refractivity contribution in [3.8, 4) is 0 Å². The van der Waals surface area contributed by atoms with Gasteiger partial charge in [-0.3, -0.25) is 0 Å². The molecule has 1 aliphatic carbocycles. The molecule has 0 amide bonds. The Hall–Kier alpha value is -0.860. The van der Waals surface area contributed by atoms with Gasteiger partial charge in [0.15, 0.2) is 0 Å². The van der Waals surface area contributed by atoms with E-state index in [4.69, 9.17) is 0 Å². The van der Waals surface area contributed by atoms with Crippen LogP contribution in [0.5, 0.6) is 0 Å². The van der Waals surface area contributed by atoms with Crippen LogP contribution in [0.25, 0.3) is 0 Å². The Morgan fingerprint density at radius 3 is 2.76 bits per heavy atom. The molecule has 1 saturated heterocycles. The normalized spacial score (nSPS) is 37.5. The minimum Gasteiger partial charge on any atom is -0.390 e. The van der Waals surface area contributed by atoms with Crippen LogP contribution in [0.3, 0.4) is 0 Å². The molecule has 1 heterocycles. The lowest BCUT2D eigenvalue weighted by atomic mass is 9.87. The van der Waals surface area contributed by atoms with Gasteiger partial charge in [0.25, 0.3) is 0 Å². The highest BCUT2D eigenvalue weighted by Gasteiger charge is 2.51. The third-order valence-electron chi connectivity index (χ3n) is 4.41. The van der Waals surface area contributed by atoms with Gasteiger partial charge in [-0.2, -0.15) is 0 Å². The van der Waals surface area contributed by atoms with Gasteiger partial charge in [0.1, 0.15) is 0 Å². The summed E-state index contributed by atoms with van der Waals surface area (Å²) in [5.74, 6) is 1.09. The first-order valence-electron chi connectivity index (χ1n) is 6.78. The number of rotatable bonds is 2. The smallest absolute Gasteiger partial charge is 0.0694 e. The quantitative estimate of drug-likeness (QED) is 0.818. The van der Waals surface area contributed by atoms with Gasteiger partial charge < -0.3 is 10.4 Å². The highest BCUT2D eigenvalue weighted by Crippen LogP contribution is 2.55. The fourth-order valence-corrected chi connectivity index (χ4v) is 3.30. The van der Waals surface area contributed by atoms with Gasteiger partial charge in [0.05, 0.1) is 5.60 Å². The molecule has 3 unspecified atom stereocenters. The first-order valence-corrected chi connectivity index (χ1v) is 6.78. The van der Waals surface area contributed by atoms with E-state index in [-0.39, 0.29) is 0 Å². The van der Waals surface area contributed by atoms with Crippen molar-refractivity contribution in [2.45, 2.75) is 37.2 Å². The van der Waals surface area contributed by atoms with E-state index in [1.54, 1.807) is 0 Å². The minimum absolute atomic E-state index is 0.413.